The lowest BCUT2D eigenvalue weighted by Crippen LogP contribution is -2.43. The quantitative estimate of drug-likeness (QED) is 0.597. The van der Waals surface area contributed by atoms with Crippen LogP contribution in [0, 0.1) is 5.82 Å². The summed E-state index contributed by atoms with van der Waals surface area (Å²) in [5, 5.41) is 3.08. The van der Waals surface area contributed by atoms with Gasteiger partial charge in [-0.15, -0.1) is 0 Å². The second-order valence-electron chi connectivity index (χ2n) is 5.88. The number of hydrogen-bond donors (Lipinski definition) is 2. The van der Waals surface area contributed by atoms with Gasteiger partial charge >= 0.3 is 6.18 Å². The molecule has 4 nitrogen and oxygen atoms in total. The predicted octanol–water partition coefficient (Wildman–Crippen LogP) is 4.46. The van der Waals surface area contributed by atoms with E-state index in [4.69, 9.17) is 0 Å². The highest BCUT2D eigenvalue weighted by molar-refractivity contribution is 9.10. The number of nitrogens with one attached hydrogen (secondary N) is 2. The Morgan fingerprint density at radius 1 is 1.21 bits per heavy atom. The zero-order chi connectivity index (χ0) is 21.7. The van der Waals surface area contributed by atoms with E-state index in [-0.39, 0.29) is 0 Å². The van der Waals surface area contributed by atoms with Crippen LogP contribution in [0.25, 0.3) is 0 Å². The third-order valence-corrected chi connectivity index (χ3v) is 5.94. The highest BCUT2D eigenvalue weighted by atomic mass is 79.9. The molecule has 1 fully saturated rings. The van der Waals surface area contributed by atoms with E-state index in [0.717, 1.165) is 19.2 Å². The average Bonchev–Trinajstić information content (AvgIpc) is 2.54. The van der Waals surface area contributed by atoms with Crippen molar-refractivity contribution in [2.75, 3.05) is 13.1 Å². The SMILES string of the molecule is C[C@H](NS(=O)(=O)c1ccc(Br)c(C(F)F)c1F)C(F)(F)F.FC1CCNCC1. The van der Waals surface area contributed by atoms with E-state index in [2.05, 4.69) is 21.2 Å². The van der Waals surface area contributed by atoms with Crippen molar-refractivity contribution >= 4 is 26.0 Å². The molecule has 0 saturated carbocycles. The fourth-order valence-electron chi connectivity index (χ4n) is 2.11. The molecule has 1 saturated heterocycles. The minimum absolute atomic E-state index is 0.391. The molecular weight excluding hydrogens is 485 g/mol. The molecule has 1 atom stereocenters. The summed E-state index contributed by atoms with van der Waals surface area (Å²) in [6.07, 6.45) is -7.35. The van der Waals surface area contributed by atoms with Crippen LogP contribution >= 0.6 is 15.9 Å². The molecule has 0 radical (unpaired) electrons. The summed E-state index contributed by atoms with van der Waals surface area (Å²) in [7, 11) is -4.95. The number of piperidine rings is 1. The largest absolute Gasteiger partial charge is 0.404 e. The molecule has 1 aromatic rings. The Labute approximate surface area is 166 Å². The molecule has 2 N–H and O–H groups in total. The van der Waals surface area contributed by atoms with Crippen molar-refractivity contribution < 1.29 is 39.2 Å². The van der Waals surface area contributed by atoms with E-state index in [0.29, 0.717) is 25.8 Å². The highest BCUT2D eigenvalue weighted by Crippen LogP contribution is 2.33. The molecule has 1 aromatic carbocycles. The van der Waals surface area contributed by atoms with Gasteiger partial charge in [-0.1, -0.05) is 15.9 Å². The summed E-state index contributed by atoms with van der Waals surface area (Å²) in [6, 6.07) is -1.09. The second-order valence-corrected chi connectivity index (χ2v) is 8.42. The summed E-state index contributed by atoms with van der Waals surface area (Å²) in [4.78, 5) is -1.28. The Morgan fingerprint density at radius 3 is 2.14 bits per heavy atom. The standard InChI is InChI=1S/C10H8BrF6NO2S.C5H10FN/c1-4(10(15,16)17)18-21(19,20)6-3-2-5(11)7(8(6)12)9(13)14;6-5-1-3-7-4-2-5/h2-4,9,18H,1H3;5,7H,1-4H2/t4-;/m0./s1. The van der Waals surface area contributed by atoms with Crippen molar-refractivity contribution in [1.82, 2.24) is 10.0 Å². The van der Waals surface area contributed by atoms with Crippen LogP contribution in [0.1, 0.15) is 31.8 Å². The maximum absolute atomic E-state index is 13.8. The van der Waals surface area contributed by atoms with Crippen molar-refractivity contribution in [1.29, 1.82) is 0 Å². The lowest BCUT2D eigenvalue weighted by atomic mass is 10.1. The van der Waals surface area contributed by atoms with Crippen LogP contribution < -0.4 is 10.0 Å². The van der Waals surface area contributed by atoms with Crippen LogP contribution in [-0.4, -0.2) is 39.9 Å². The molecule has 1 aliphatic heterocycles. The van der Waals surface area contributed by atoms with Crippen molar-refractivity contribution in [3.8, 4) is 0 Å². The number of rotatable bonds is 4. The second kappa shape index (κ2) is 10.2. The van der Waals surface area contributed by atoms with Crippen LogP contribution in [0.2, 0.25) is 0 Å². The predicted molar refractivity (Wildman–Crippen MR) is 91.9 cm³/mol. The molecular formula is C15H18BrF7N2O2S. The third kappa shape index (κ3) is 7.16. The Hall–Kier alpha value is -0.920. The molecule has 162 valence electrons. The van der Waals surface area contributed by atoms with E-state index >= 15 is 0 Å². The first kappa shape index (κ1) is 25.1. The molecule has 0 spiro atoms. The molecule has 0 aliphatic carbocycles. The van der Waals surface area contributed by atoms with Crippen molar-refractivity contribution in [2.45, 2.75) is 49.5 Å². The van der Waals surface area contributed by atoms with Gasteiger partial charge in [-0.25, -0.2) is 26.0 Å². The molecule has 1 aliphatic rings. The van der Waals surface area contributed by atoms with Gasteiger partial charge in [-0.2, -0.15) is 17.9 Å². The Kier molecular flexibility index (Phi) is 9.16. The van der Waals surface area contributed by atoms with E-state index in [1.165, 1.54) is 4.72 Å². The van der Waals surface area contributed by atoms with Crippen LogP contribution in [0.4, 0.5) is 30.7 Å². The van der Waals surface area contributed by atoms with Gasteiger partial charge in [-0.05, 0) is 45.0 Å². The van der Waals surface area contributed by atoms with Gasteiger partial charge in [0.05, 0.1) is 5.56 Å². The van der Waals surface area contributed by atoms with Crippen LogP contribution in [0.5, 0.6) is 0 Å². The Morgan fingerprint density at radius 2 is 1.75 bits per heavy atom. The van der Waals surface area contributed by atoms with Gasteiger partial charge in [0.1, 0.15) is 17.1 Å². The van der Waals surface area contributed by atoms with E-state index in [1.54, 1.807) is 0 Å². The van der Waals surface area contributed by atoms with E-state index < -0.39 is 55.6 Å². The van der Waals surface area contributed by atoms with Crippen molar-refractivity contribution in [3.63, 3.8) is 0 Å². The normalized spacial score (nSPS) is 17.2. The zero-order valence-corrected chi connectivity index (χ0v) is 16.9. The minimum Gasteiger partial charge on any atom is -0.317 e. The molecule has 13 heteroatoms. The number of halogens is 8. The fraction of sp³-hybridized carbons (Fsp3) is 0.600. The van der Waals surface area contributed by atoms with Gasteiger partial charge in [0.25, 0.3) is 6.43 Å². The first-order valence-electron chi connectivity index (χ1n) is 7.97. The monoisotopic (exact) mass is 502 g/mol. The Balaban J connectivity index is 0.000000467. The molecule has 0 aromatic heterocycles. The van der Waals surface area contributed by atoms with Gasteiger partial charge in [0.15, 0.2) is 5.82 Å². The summed E-state index contributed by atoms with van der Waals surface area (Å²) < 4.78 is 112. The van der Waals surface area contributed by atoms with E-state index in [9.17, 15) is 39.2 Å². The number of benzene rings is 1. The zero-order valence-electron chi connectivity index (χ0n) is 14.5. The van der Waals surface area contributed by atoms with Crippen LogP contribution in [-0.2, 0) is 10.0 Å². The molecule has 0 unspecified atom stereocenters. The average molecular weight is 503 g/mol. The summed E-state index contributed by atoms with van der Waals surface area (Å²) in [5.41, 5.74) is -1.24. The molecule has 0 bridgehead atoms. The van der Waals surface area contributed by atoms with Crippen molar-refractivity contribution in [2.24, 2.45) is 0 Å². The van der Waals surface area contributed by atoms with Crippen LogP contribution in [0.15, 0.2) is 21.5 Å². The smallest absolute Gasteiger partial charge is 0.317 e. The lowest BCUT2D eigenvalue weighted by Gasteiger charge is -2.18. The van der Waals surface area contributed by atoms with Gasteiger partial charge in [-0.3, -0.25) is 0 Å². The number of hydrogen-bond acceptors (Lipinski definition) is 3. The first-order valence-corrected chi connectivity index (χ1v) is 10.2. The fourth-order valence-corrected chi connectivity index (χ4v) is 3.91. The first-order chi connectivity index (χ1) is 12.8. The highest BCUT2D eigenvalue weighted by Gasteiger charge is 2.39. The van der Waals surface area contributed by atoms with Gasteiger partial charge in [0.2, 0.25) is 10.0 Å². The molecule has 2 rings (SSSR count). The number of alkyl halides is 6. The Bertz CT molecular complexity index is 753. The third-order valence-electron chi connectivity index (χ3n) is 3.69. The summed E-state index contributed by atoms with van der Waals surface area (Å²) >= 11 is 2.62. The molecule has 0 amide bonds. The summed E-state index contributed by atoms with van der Waals surface area (Å²) in [6.45, 7) is 2.23. The molecule has 28 heavy (non-hydrogen) atoms. The van der Waals surface area contributed by atoms with Gasteiger partial charge in [0, 0.05) is 4.47 Å². The van der Waals surface area contributed by atoms with E-state index in [1.807, 2.05) is 0 Å². The lowest BCUT2D eigenvalue weighted by molar-refractivity contribution is -0.147. The maximum Gasteiger partial charge on any atom is 0.404 e. The molecule has 1 heterocycles. The van der Waals surface area contributed by atoms with Crippen LogP contribution in [0.3, 0.4) is 0 Å². The minimum atomic E-state index is -4.95. The number of sulfonamides is 1. The van der Waals surface area contributed by atoms with Gasteiger partial charge < -0.3 is 5.32 Å². The summed E-state index contributed by atoms with van der Waals surface area (Å²) in [5.74, 6) is -1.80. The van der Waals surface area contributed by atoms with Crippen molar-refractivity contribution in [3.05, 3.63) is 28.0 Å². The topological polar surface area (TPSA) is 58.2 Å². The maximum atomic E-state index is 13.8.